The lowest BCUT2D eigenvalue weighted by atomic mass is 10.5. The number of aromatic nitrogens is 2. The highest BCUT2D eigenvalue weighted by Crippen LogP contribution is 2.04. The molecule has 0 bridgehead atoms. The van der Waals surface area contributed by atoms with Gasteiger partial charge in [0.1, 0.15) is 11.9 Å². The molecule has 1 rings (SSSR count). The van der Waals surface area contributed by atoms with Gasteiger partial charge in [0.05, 0.1) is 6.20 Å². The molecule has 0 aliphatic carbocycles. The van der Waals surface area contributed by atoms with Crippen molar-refractivity contribution in [2.45, 2.75) is 20.0 Å². The molecule has 4 N–H and O–H groups in total. The maximum absolute atomic E-state index is 5.44. The summed E-state index contributed by atoms with van der Waals surface area (Å²) in [6.45, 7) is 3.80. The van der Waals surface area contributed by atoms with E-state index in [4.69, 9.17) is 16.3 Å². The van der Waals surface area contributed by atoms with Crippen molar-refractivity contribution in [1.82, 2.24) is 9.71 Å². The van der Waals surface area contributed by atoms with Gasteiger partial charge in [-0.1, -0.05) is 0 Å². The van der Waals surface area contributed by atoms with Crippen LogP contribution in [0.25, 0.3) is 0 Å². The average Bonchev–Trinajstić information content (AvgIpc) is 2.09. The monoisotopic (exact) mass is 156 g/mol. The van der Waals surface area contributed by atoms with E-state index in [1.807, 2.05) is 13.8 Å². The summed E-state index contributed by atoms with van der Waals surface area (Å²) in [5.41, 5.74) is 10.8. The zero-order chi connectivity index (χ0) is 8.43. The summed E-state index contributed by atoms with van der Waals surface area (Å²) in [7, 11) is 0. The molecule has 0 aliphatic heterocycles. The molecule has 62 valence electrons. The van der Waals surface area contributed by atoms with Crippen LogP contribution >= 0.6 is 0 Å². The Hall–Kier alpha value is -1.39. The third-order valence-electron chi connectivity index (χ3n) is 1.04. The van der Waals surface area contributed by atoms with Crippen molar-refractivity contribution >= 4 is 11.8 Å². The van der Waals surface area contributed by atoms with Gasteiger partial charge in [0.2, 0.25) is 5.95 Å². The zero-order valence-electron chi connectivity index (χ0n) is 6.61. The van der Waals surface area contributed by atoms with Crippen molar-refractivity contribution < 1.29 is 4.84 Å². The number of rotatable bonds is 2. The topological polar surface area (TPSA) is 79.1 Å². The van der Waals surface area contributed by atoms with Gasteiger partial charge in [0.25, 0.3) is 0 Å². The Labute approximate surface area is 64.9 Å². The van der Waals surface area contributed by atoms with Gasteiger partial charge < -0.3 is 16.3 Å². The average molecular weight is 156 g/mol. The first kappa shape index (κ1) is 7.71. The van der Waals surface area contributed by atoms with Crippen LogP contribution in [-0.2, 0) is 0 Å². The molecule has 0 radical (unpaired) electrons. The fraction of sp³-hybridized carbons (Fsp3) is 0.500. The van der Waals surface area contributed by atoms with Crippen molar-refractivity contribution in [2.75, 3.05) is 11.5 Å². The number of nitrogens with zero attached hydrogens (tertiary/aromatic N) is 2. The first-order valence-electron chi connectivity index (χ1n) is 3.37. The largest absolute Gasteiger partial charge is 0.408 e. The van der Waals surface area contributed by atoms with E-state index in [1.165, 1.54) is 10.9 Å². The van der Waals surface area contributed by atoms with Crippen LogP contribution in [0.3, 0.4) is 0 Å². The molecule has 1 heterocycles. The van der Waals surface area contributed by atoms with Crippen LogP contribution < -0.4 is 16.3 Å². The quantitative estimate of drug-likeness (QED) is 0.626. The van der Waals surface area contributed by atoms with E-state index in [1.54, 1.807) is 0 Å². The van der Waals surface area contributed by atoms with E-state index in [0.717, 1.165) is 0 Å². The van der Waals surface area contributed by atoms with Gasteiger partial charge in [-0.05, 0) is 13.8 Å². The Morgan fingerprint density at radius 3 is 2.55 bits per heavy atom. The third-order valence-corrected chi connectivity index (χ3v) is 1.04. The lowest BCUT2D eigenvalue weighted by molar-refractivity contribution is 0.0640. The Bertz CT molecular complexity index is 243. The predicted octanol–water partition coefficient (Wildman–Crippen LogP) is -0.116. The second-order valence-corrected chi connectivity index (χ2v) is 2.50. The summed E-state index contributed by atoms with van der Waals surface area (Å²) in [5, 5.41) is 0. The second-order valence-electron chi connectivity index (χ2n) is 2.50. The van der Waals surface area contributed by atoms with E-state index >= 15 is 0 Å². The van der Waals surface area contributed by atoms with E-state index in [-0.39, 0.29) is 12.1 Å². The van der Waals surface area contributed by atoms with Gasteiger partial charge in [-0.25, -0.2) is 0 Å². The molecule has 5 nitrogen and oxygen atoms in total. The summed E-state index contributed by atoms with van der Waals surface area (Å²) < 4.78 is 1.36. The van der Waals surface area contributed by atoms with E-state index < -0.39 is 0 Å². The molecule has 0 saturated carbocycles. The minimum atomic E-state index is 0.0610. The van der Waals surface area contributed by atoms with E-state index in [2.05, 4.69) is 4.98 Å². The molecular formula is C6H12N4O. The molecule has 1 aromatic rings. The first-order chi connectivity index (χ1) is 5.09. The Balaban J connectivity index is 2.77. The molecule has 0 amide bonds. The summed E-state index contributed by atoms with van der Waals surface area (Å²) in [5.74, 6) is 0.638. The molecule has 0 saturated heterocycles. The highest BCUT2D eigenvalue weighted by Gasteiger charge is 2.03. The van der Waals surface area contributed by atoms with Crippen LogP contribution in [-0.4, -0.2) is 15.8 Å². The maximum Gasteiger partial charge on any atom is 0.236 e. The molecule has 0 fully saturated rings. The molecule has 0 unspecified atom stereocenters. The first-order valence-corrected chi connectivity index (χ1v) is 3.37. The smallest absolute Gasteiger partial charge is 0.236 e. The van der Waals surface area contributed by atoms with Crippen LogP contribution in [0.15, 0.2) is 6.20 Å². The second kappa shape index (κ2) is 2.69. The van der Waals surface area contributed by atoms with Crippen LogP contribution in [0.4, 0.5) is 11.8 Å². The van der Waals surface area contributed by atoms with Crippen molar-refractivity contribution in [3.8, 4) is 0 Å². The molecule has 0 atom stereocenters. The van der Waals surface area contributed by atoms with Gasteiger partial charge in [-0.15, -0.1) is 0 Å². The van der Waals surface area contributed by atoms with Gasteiger partial charge in [0, 0.05) is 0 Å². The van der Waals surface area contributed by atoms with E-state index in [9.17, 15) is 0 Å². The number of anilines is 2. The van der Waals surface area contributed by atoms with Crippen molar-refractivity contribution in [2.24, 2.45) is 0 Å². The standard InChI is InChI=1S/C6H12N4O/c1-4(2)11-10-3-5(7)9-6(10)8/h3-4H,7H2,1-2H3,(H2,8,9). The van der Waals surface area contributed by atoms with Crippen LogP contribution in [0, 0.1) is 0 Å². The third kappa shape index (κ3) is 1.76. The minimum absolute atomic E-state index is 0.0610. The number of hydrogen-bond acceptors (Lipinski definition) is 4. The molecule has 0 aliphatic rings. The summed E-state index contributed by atoms with van der Waals surface area (Å²) in [6, 6.07) is 0. The summed E-state index contributed by atoms with van der Waals surface area (Å²) in [4.78, 5) is 8.97. The minimum Gasteiger partial charge on any atom is -0.408 e. The molecule has 1 aromatic heterocycles. The van der Waals surface area contributed by atoms with Gasteiger partial charge in [0.15, 0.2) is 0 Å². The highest BCUT2D eigenvalue weighted by atomic mass is 16.7. The van der Waals surface area contributed by atoms with Crippen LogP contribution in [0.5, 0.6) is 0 Å². The molecule has 0 spiro atoms. The molecule has 0 aromatic carbocycles. The van der Waals surface area contributed by atoms with Crippen molar-refractivity contribution in [3.63, 3.8) is 0 Å². The van der Waals surface area contributed by atoms with Gasteiger partial charge in [-0.2, -0.15) is 9.71 Å². The summed E-state index contributed by atoms with van der Waals surface area (Å²) >= 11 is 0. The van der Waals surface area contributed by atoms with Crippen LogP contribution in [0.1, 0.15) is 13.8 Å². The molecular weight excluding hydrogens is 144 g/mol. The maximum atomic E-state index is 5.44. The zero-order valence-corrected chi connectivity index (χ0v) is 6.61. The Morgan fingerprint density at radius 1 is 1.55 bits per heavy atom. The lowest BCUT2D eigenvalue weighted by Crippen LogP contribution is -2.19. The van der Waals surface area contributed by atoms with Crippen molar-refractivity contribution in [3.05, 3.63) is 6.20 Å². The van der Waals surface area contributed by atoms with Crippen molar-refractivity contribution in [1.29, 1.82) is 0 Å². The Kier molecular flexibility index (Phi) is 1.89. The number of nitrogens with two attached hydrogens (primary N) is 2. The summed E-state index contributed by atoms with van der Waals surface area (Å²) in [6.07, 6.45) is 1.60. The predicted molar refractivity (Wildman–Crippen MR) is 42.8 cm³/mol. The van der Waals surface area contributed by atoms with Gasteiger partial charge in [-0.3, -0.25) is 0 Å². The molecule has 11 heavy (non-hydrogen) atoms. The van der Waals surface area contributed by atoms with Crippen LogP contribution in [0.2, 0.25) is 0 Å². The lowest BCUT2D eigenvalue weighted by Gasteiger charge is -2.09. The SMILES string of the molecule is CC(C)On1cc(N)nc1N. The number of imidazole rings is 1. The number of hydrogen-bond donors (Lipinski definition) is 2. The fourth-order valence-electron chi connectivity index (χ4n) is 0.708. The highest BCUT2D eigenvalue weighted by molar-refractivity contribution is 5.33. The Morgan fingerprint density at radius 2 is 2.18 bits per heavy atom. The normalized spacial score (nSPS) is 10.5. The van der Waals surface area contributed by atoms with Gasteiger partial charge >= 0.3 is 0 Å². The number of nitrogen functional groups attached to an aromatic ring is 2. The fourth-order valence-corrected chi connectivity index (χ4v) is 0.708. The van der Waals surface area contributed by atoms with E-state index in [0.29, 0.717) is 5.82 Å². The molecule has 5 heteroatoms.